The van der Waals surface area contributed by atoms with Gasteiger partial charge in [0, 0.05) is 24.2 Å². The summed E-state index contributed by atoms with van der Waals surface area (Å²) in [5.41, 5.74) is 7.18. The normalized spacial score (nSPS) is 43.4. The standard InChI is InChI=1S/C46H63NO2/c1-46(2)39-19-11-10-17-35(39)36-22-20-28(26-40(36)46)47(3)29-21-24-41-43(27-29)49-45-42(48-41)25-23-38-34-16-7-6-14-32(34)30-12-4-5-13-31(30)33-15-8-9-18-37(33)44(38)45/h10-11,17,19-20,22,26,29-34,37-38,41-45H,4-9,12-16,18,21,23-25,27H2,1-3H3. The Hall–Kier alpha value is -1.84. The van der Waals surface area contributed by atoms with Crippen LogP contribution in [0.5, 0.6) is 0 Å². The molecule has 2 aromatic carbocycles. The number of fused-ring (bicyclic) bond motifs is 14. The molecular weight excluding hydrogens is 599 g/mol. The Balaban J connectivity index is 0.924. The number of anilines is 1. The molecule has 3 heteroatoms. The molecule has 13 unspecified atom stereocenters. The molecular formula is C46H63NO2. The number of hydrogen-bond donors (Lipinski definition) is 0. The molecule has 0 spiro atoms. The first-order valence-corrected chi connectivity index (χ1v) is 21.3. The minimum atomic E-state index is 0.0385. The van der Waals surface area contributed by atoms with Gasteiger partial charge in [-0.15, -0.1) is 0 Å². The molecule has 10 rings (SSSR count). The van der Waals surface area contributed by atoms with Crippen LogP contribution in [0.3, 0.4) is 0 Å². The van der Waals surface area contributed by atoms with Crippen molar-refractivity contribution in [2.45, 2.75) is 159 Å². The molecule has 0 bridgehead atoms. The Morgan fingerprint density at radius 1 is 0.551 bits per heavy atom. The van der Waals surface area contributed by atoms with E-state index in [1.165, 1.54) is 118 Å². The fraction of sp³-hybridized carbons (Fsp3) is 0.739. The fourth-order valence-corrected chi connectivity index (χ4v) is 14.6. The Bertz CT molecular complexity index is 1510. The van der Waals surface area contributed by atoms with Gasteiger partial charge in [-0.05, 0) is 152 Å². The van der Waals surface area contributed by atoms with Crippen molar-refractivity contribution < 1.29 is 9.47 Å². The first-order chi connectivity index (χ1) is 24.0. The first-order valence-electron chi connectivity index (χ1n) is 21.3. The van der Waals surface area contributed by atoms with Crippen molar-refractivity contribution in [3.63, 3.8) is 0 Å². The highest BCUT2D eigenvalue weighted by atomic mass is 16.6. The van der Waals surface area contributed by atoms with E-state index in [2.05, 4.69) is 68.3 Å². The summed E-state index contributed by atoms with van der Waals surface area (Å²) in [5.74, 6) is 7.43. The molecule has 0 aromatic heterocycles. The maximum absolute atomic E-state index is 7.64. The molecule has 0 N–H and O–H groups in total. The van der Waals surface area contributed by atoms with Gasteiger partial charge < -0.3 is 14.4 Å². The van der Waals surface area contributed by atoms with Crippen molar-refractivity contribution >= 4 is 5.69 Å². The summed E-state index contributed by atoms with van der Waals surface area (Å²) in [6.07, 6.45) is 25.3. The number of rotatable bonds is 2. The molecule has 13 atom stereocenters. The third-order valence-corrected chi connectivity index (χ3v) is 16.7. The van der Waals surface area contributed by atoms with Crippen molar-refractivity contribution in [2.24, 2.45) is 47.3 Å². The first kappa shape index (κ1) is 31.9. The number of ether oxygens (including phenoxy) is 2. The zero-order valence-electron chi connectivity index (χ0n) is 30.8. The summed E-state index contributed by atoms with van der Waals surface area (Å²) in [5, 5.41) is 0. The predicted molar refractivity (Wildman–Crippen MR) is 200 cm³/mol. The Morgan fingerprint density at radius 2 is 1.12 bits per heavy atom. The van der Waals surface area contributed by atoms with Crippen LogP contribution in [0.2, 0.25) is 0 Å². The van der Waals surface area contributed by atoms with Crippen molar-refractivity contribution in [3.8, 4) is 11.1 Å². The van der Waals surface area contributed by atoms with Gasteiger partial charge >= 0.3 is 0 Å². The second-order valence-electron chi connectivity index (χ2n) is 19.0. The smallest absolute Gasteiger partial charge is 0.0875 e. The van der Waals surface area contributed by atoms with Gasteiger partial charge in [0.2, 0.25) is 0 Å². The third kappa shape index (κ3) is 5.08. The summed E-state index contributed by atoms with van der Waals surface area (Å²) >= 11 is 0. The van der Waals surface area contributed by atoms with Gasteiger partial charge in [0.05, 0.1) is 24.4 Å². The van der Waals surface area contributed by atoms with E-state index in [4.69, 9.17) is 9.47 Å². The van der Waals surface area contributed by atoms with Gasteiger partial charge in [-0.25, -0.2) is 0 Å². The van der Waals surface area contributed by atoms with Crippen LogP contribution in [-0.2, 0) is 14.9 Å². The summed E-state index contributed by atoms with van der Waals surface area (Å²) in [4.78, 5) is 2.61. The van der Waals surface area contributed by atoms with Gasteiger partial charge in [-0.1, -0.05) is 82.7 Å². The Labute approximate surface area is 297 Å². The van der Waals surface area contributed by atoms with E-state index in [0.717, 1.165) is 60.2 Å². The highest BCUT2D eigenvalue weighted by Gasteiger charge is 2.58. The van der Waals surface area contributed by atoms with E-state index in [9.17, 15) is 0 Å². The maximum atomic E-state index is 7.64. The van der Waals surface area contributed by atoms with Crippen molar-refractivity contribution in [3.05, 3.63) is 53.6 Å². The van der Waals surface area contributed by atoms with Crippen LogP contribution in [-0.4, -0.2) is 37.5 Å². The molecule has 1 heterocycles. The molecule has 7 fully saturated rings. The summed E-state index contributed by atoms with van der Waals surface area (Å²) < 4.78 is 14.9. The number of benzene rings is 2. The van der Waals surface area contributed by atoms with Gasteiger partial charge in [0.1, 0.15) is 0 Å². The molecule has 3 nitrogen and oxygen atoms in total. The average molecular weight is 662 g/mol. The number of nitrogens with zero attached hydrogens (tertiary/aromatic N) is 1. The third-order valence-electron chi connectivity index (χ3n) is 16.7. The van der Waals surface area contributed by atoms with Crippen LogP contribution < -0.4 is 4.90 Å². The van der Waals surface area contributed by atoms with Crippen molar-refractivity contribution in [1.29, 1.82) is 0 Å². The van der Waals surface area contributed by atoms with Crippen molar-refractivity contribution in [2.75, 3.05) is 11.9 Å². The van der Waals surface area contributed by atoms with Gasteiger partial charge in [-0.3, -0.25) is 0 Å². The average Bonchev–Trinajstić information content (AvgIpc) is 3.38. The topological polar surface area (TPSA) is 21.7 Å². The molecule has 6 saturated carbocycles. The summed E-state index contributed by atoms with van der Waals surface area (Å²) in [6, 6.07) is 16.8. The minimum absolute atomic E-state index is 0.0385. The van der Waals surface area contributed by atoms with E-state index < -0.39 is 0 Å². The van der Waals surface area contributed by atoms with Crippen LogP contribution in [0, 0.1) is 47.3 Å². The molecule has 1 saturated heterocycles. The van der Waals surface area contributed by atoms with Crippen LogP contribution in [0.1, 0.15) is 134 Å². The lowest BCUT2D eigenvalue weighted by Crippen LogP contribution is -2.62. The van der Waals surface area contributed by atoms with Crippen LogP contribution >= 0.6 is 0 Å². The van der Waals surface area contributed by atoms with Crippen LogP contribution in [0.4, 0.5) is 5.69 Å². The van der Waals surface area contributed by atoms with Crippen molar-refractivity contribution in [1.82, 2.24) is 0 Å². The Morgan fingerprint density at radius 3 is 1.82 bits per heavy atom. The highest BCUT2D eigenvalue weighted by molar-refractivity contribution is 5.82. The van der Waals surface area contributed by atoms with Gasteiger partial charge in [0.25, 0.3) is 0 Å². The van der Waals surface area contributed by atoms with E-state index in [-0.39, 0.29) is 17.6 Å². The molecule has 7 aliphatic carbocycles. The molecule has 49 heavy (non-hydrogen) atoms. The molecule has 8 aliphatic rings. The van der Waals surface area contributed by atoms with E-state index >= 15 is 0 Å². The Kier molecular flexibility index (Phi) is 8.06. The monoisotopic (exact) mass is 661 g/mol. The maximum Gasteiger partial charge on any atom is 0.0875 e. The van der Waals surface area contributed by atoms with E-state index in [0.29, 0.717) is 18.2 Å². The van der Waals surface area contributed by atoms with Gasteiger partial charge in [0.15, 0.2) is 0 Å². The molecule has 0 amide bonds. The highest BCUT2D eigenvalue weighted by Crippen LogP contribution is 2.61. The molecule has 1 aliphatic heterocycles. The second kappa shape index (κ2) is 12.4. The van der Waals surface area contributed by atoms with Crippen LogP contribution in [0.15, 0.2) is 42.5 Å². The SMILES string of the molecule is CN(c1ccc2c(c1)C(C)(C)c1ccccc1-2)C1CCC2OC3CCC4C5CCCCC5C5CCCCC5C5CCCCC5C4C3OC2C1. The van der Waals surface area contributed by atoms with E-state index in [1.54, 1.807) is 6.42 Å². The second-order valence-corrected chi connectivity index (χ2v) is 19.0. The lowest BCUT2D eigenvalue weighted by atomic mass is 9.47. The zero-order valence-corrected chi connectivity index (χ0v) is 30.8. The quantitative estimate of drug-likeness (QED) is 0.299. The lowest BCUT2D eigenvalue weighted by molar-refractivity contribution is -0.277. The van der Waals surface area contributed by atoms with E-state index in [1.807, 2.05) is 0 Å². The number of hydrogen-bond acceptors (Lipinski definition) is 3. The largest absolute Gasteiger partial charge is 0.372 e. The summed E-state index contributed by atoms with van der Waals surface area (Å²) in [6.45, 7) is 4.81. The lowest BCUT2D eigenvalue weighted by Gasteiger charge is -2.61. The molecule has 2 aromatic rings. The predicted octanol–water partition coefficient (Wildman–Crippen LogP) is 11.0. The molecule has 264 valence electrons. The van der Waals surface area contributed by atoms with Gasteiger partial charge in [-0.2, -0.15) is 0 Å². The molecule has 0 radical (unpaired) electrons. The minimum Gasteiger partial charge on any atom is -0.372 e. The summed E-state index contributed by atoms with van der Waals surface area (Å²) in [7, 11) is 2.36. The fourth-order valence-electron chi connectivity index (χ4n) is 14.6. The van der Waals surface area contributed by atoms with Crippen LogP contribution in [0.25, 0.3) is 11.1 Å². The zero-order chi connectivity index (χ0) is 32.9.